The van der Waals surface area contributed by atoms with Gasteiger partial charge in [-0.2, -0.15) is 0 Å². The molecule has 0 aliphatic carbocycles. The van der Waals surface area contributed by atoms with E-state index in [4.69, 9.17) is 15.2 Å². The smallest absolute Gasteiger partial charge is 0.189 e. The molecule has 0 bridgehead atoms. The van der Waals surface area contributed by atoms with Crippen LogP contribution in [-0.2, 0) is 17.8 Å². The maximum atomic E-state index is 5.90. The quantitative estimate of drug-likeness (QED) is 0.837. The fraction of sp³-hybridized carbons (Fsp3) is 0.538. The van der Waals surface area contributed by atoms with Crippen molar-refractivity contribution >= 4 is 5.69 Å². The largest absolute Gasteiger partial charge is 0.467 e. The van der Waals surface area contributed by atoms with Gasteiger partial charge in [0.2, 0.25) is 0 Å². The molecule has 2 N–H and O–H groups in total. The zero-order valence-corrected chi connectivity index (χ0v) is 10.1. The van der Waals surface area contributed by atoms with Gasteiger partial charge in [-0.05, 0) is 25.0 Å². The first kappa shape index (κ1) is 10.9. The van der Waals surface area contributed by atoms with Crippen LogP contribution in [0.5, 0.6) is 5.75 Å². The molecule has 3 rings (SSSR count). The van der Waals surface area contributed by atoms with E-state index < -0.39 is 0 Å². The molecule has 4 nitrogen and oxygen atoms in total. The predicted octanol–water partition coefficient (Wildman–Crippen LogP) is 1.26. The summed E-state index contributed by atoms with van der Waals surface area (Å²) in [4.78, 5) is 2.36. The van der Waals surface area contributed by atoms with E-state index in [-0.39, 0.29) is 6.04 Å². The van der Waals surface area contributed by atoms with Crippen LogP contribution >= 0.6 is 0 Å². The molecule has 0 amide bonds. The number of nitrogens with zero attached hydrogens (tertiary/aromatic N) is 1. The van der Waals surface area contributed by atoms with E-state index in [0.29, 0.717) is 13.4 Å². The Morgan fingerprint density at radius 1 is 1.47 bits per heavy atom. The van der Waals surface area contributed by atoms with Crippen molar-refractivity contribution in [3.8, 4) is 5.75 Å². The Balaban J connectivity index is 2.00. The van der Waals surface area contributed by atoms with Gasteiger partial charge in [0.05, 0.1) is 6.61 Å². The molecule has 2 heterocycles. The number of fused-ring (bicyclic) bond motifs is 3. The van der Waals surface area contributed by atoms with E-state index in [1.807, 2.05) is 6.92 Å². The van der Waals surface area contributed by atoms with E-state index in [9.17, 15) is 0 Å². The van der Waals surface area contributed by atoms with Crippen LogP contribution in [0.2, 0.25) is 0 Å². The summed E-state index contributed by atoms with van der Waals surface area (Å²) in [6.45, 7) is 4.99. The highest BCUT2D eigenvalue weighted by atomic mass is 16.7. The van der Waals surface area contributed by atoms with Crippen molar-refractivity contribution in [3.05, 3.63) is 23.3 Å². The number of rotatable bonds is 2. The van der Waals surface area contributed by atoms with Crippen molar-refractivity contribution in [3.63, 3.8) is 0 Å². The monoisotopic (exact) mass is 234 g/mol. The van der Waals surface area contributed by atoms with Gasteiger partial charge in [0.25, 0.3) is 0 Å². The second-order valence-electron chi connectivity index (χ2n) is 4.83. The lowest BCUT2D eigenvalue weighted by atomic mass is 10.1. The summed E-state index contributed by atoms with van der Waals surface area (Å²) in [6, 6.07) is 4.41. The molecule has 0 saturated heterocycles. The van der Waals surface area contributed by atoms with Gasteiger partial charge in [0, 0.05) is 30.4 Å². The maximum Gasteiger partial charge on any atom is 0.189 e. The number of ether oxygens (including phenoxy) is 2. The average molecular weight is 234 g/mol. The summed E-state index contributed by atoms with van der Waals surface area (Å²) in [5, 5.41) is 0. The fourth-order valence-electron chi connectivity index (χ4n) is 2.68. The van der Waals surface area contributed by atoms with E-state index in [1.54, 1.807) is 0 Å². The molecule has 2 aliphatic heterocycles. The lowest BCUT2D eigenvalue weighted by Crippen LogP contribution is -2.35. The highest BCUT2D eigenvalue weighted by molar-refractivity contribution is 5.67. The van der Waals surface area contributed by atoms with Gasteiger partial charge in [-0.3, -0.25) is 0 Å². The summed E-state index contributed by atoms with van der Waals surface area (Å²) < 4.78 is 10.9. The van der Waals surface area contributed by atoms with Gasteiger partial charge in [-0.25, -0.2) is 0 Å². The van der Waals surface area contributed by atoms with Crippen LogP contribution in [0.4, 0.5) is 5.69 Å². The number of benzene rings is 1. The molecule has 0 radical (unpaired) electrons. The SMILES string of the molecule is C[C@H](N)CN1CCc2ccc3c(c21)COCO3. The van der Waals surface area contributed by atoms with Crippen LogP contribution in [0.1, 0.15) is 18.1 Å². The number of hydrogen-bond acceptors (Lipinski definition) is 4. The van der Waals surface area contributed by atoms with Crippen molar-refractivity contribution in [2.75, 3.05) is 24.8 Å². The molecule has 1 aromatic rings. The van der Waals surface area contributed by atoms with Gasteiger partial charge in [0.1, 0.15) is 5.75 Å². The molecule has 0 fully saturated rings. The highest BCUT2D eigenvalue weighted by Crippen LogP contribution is 2.39. The zero-order chi connectivity index (χ0) is 11.8. The third kappa shape index (κ3) is 1.87. The highest BCUT2D eigenvalue weighted by Gasteiger charge is 2.26. The minimum Gasteiger partial charge on any atom is -0.467 e. The third-order valence-electron chi connectivity index (χ3n) is 3.34. The number of hydrogen-bond donors (Lipinski definition) is 1. The van der Waals surface area contributed by atoms with Gasteiger partial charge < -0.3 is 20.1 Å². The summed E-state index contributed by atoms with van der Waals surface area (Å²) in [6.07, 6.45) is 1.09. The second kappa shape index (κ2) is 4.20. The minimum atomic E-state index is 0.183. The Bertz CT molecular complexity index is 432. The van der Waals surface area contributed by atoms with Crippen molar-refractivity contribution in [1.82, 2.24) is 0 Å². The standard InChI is InChI=1S/C13H18N2O2/c1-9(14)6-15-5-4-10-2-3-12-11(13(10)15)7-16-8-17-12/h2-3,9H,4-8,14H2,1H3/t9-/m0/s1. The van der Waals surface area contributed by atoms with Crippen molar-refractivity contribution in [1.29, 1.82) is 0 Å². The summed E-state index contributed by atoms with van der Waals surface area (Å²) in [7, 11) is 0. The molecule has 2 aliphatic rings. The van der Waals surface area contributed by atoms with Crippen molar-refractivity contribution < 1.29 is 9.47 Å². The van der Waals surface area contributed by atoms with Crippen LogP contribution < -0.4 is 15.4 Å². The van der Waals surface area contributed by atoms with Crippen LogP contribution in [0, 0.1) is 0 Å². The van der Waals surface area contributed by atoms with Crippen LogP contribution in [0.25, 0.3) is 0 Å². The van der Waals surface area contributed by atoms with Crippen LogP contribution in [0.15, 0.2) is 12.1 Å². The molecule has 0 saturated carbocycles. The number of nitrogens with two attached hydrogens (primary N) is 1. The zero-order valence-electron chi connectivity index (χ0n) is 10.1. The predicted molar refractivity (Wildman–Crippen MR) is 66.3 cm³/mol. The summed E-state index contributed by atoms with van der Waals surface area (Å²) in [5.41, 5.74) is 9.77. The molecule has 92 valence electrons. The maximum absolute atomic E-state index is 5.90. The Kier molecular flexibility index (Phi) is 2.68. The Morgan fingerprint density at radius 2 is 2.35 bits per heavy atom. The minimum absolute atomic E-state index is 0.183. The average Bonchev–Trinajstić information content (AvgIpc) is 2.72. The lowest BCUT2D eigenvalue weighted by molar-refractivity contribution is -0.0160. The van der Waals surface area contributed by atoms with Crippen LogP contribution in [-0.4, -0.2) is 25.9 Å². The second-order valence-corrected chi connectivity index (χ2v) is 4.83. The third-order valence-corrected chi connectivity index (χ3v) is 3.34. The molecule has 1 atom stereocenters. The fourth-order valence-corrected chi connectivity index (χ4v) is 2.68. The van der Waals surface area contributed by atoms with E-state index in [2.05, 4.69) is 17.0 Å². The van der Waals surface area contributed by atoms with Crippen molar-refractivity contribution in [2.24, 2.45) is 5.73 Å². The van der Waals surface area contributed by atoms with E-state index in [0.717, 1.165) is 25.3 Å². The number of anilines is 1. The Morgan fingerprint density at radius 3 is 3.18 bits per heavy atom. The topological polar surface area (TPSA) is 47.7 Å². The molecule has 4 heteroatoms. The van der Waals surface area contributed by atoms with Gasteiger partial charge >= 0.3 is 0 Å². The molecular weight excluding hydrogens is 216 g/mol. The van der Waals surface area contributed by atoms with Gasteiger partial charge in [-0.15, -0.1) is 0 Å². The Hall–Kier alpha value is -1.26. The first-order chi connectivity index (χ1) is 8.25. The molecule has 0 aromatic heterocycles. The lowest BCUT2D eigenvalue weighted by Gasteiger charge is -2.27. The van der Waals surface area contributed by atoms with Gasteiger partial charge in [-0.1, -0.05) is 6.07 Å². The first-order valence-electron chi connectivity index (χ1n) is 6.11. The molecule has 1 aromatic carbocycles. The summed E-state index contributed by atoms with van der Waals surface area (Å²) in [5.74, 6) is 0.964. The molecule has 0 spiro atoms. The molecule has 0 unspecified atom stereocenters. The van der Waals surface area contributed by atoms with E-state index in [1.165, 1.54) is 16.8 Å². The van der Waals surface area contributed by atoms with Gasteiger partial charge in [0.15, 0.2) is 6.79 Å². The molecular formula is C13H18N2O2. The van der Waals surface area contributed by atoms with Crippen LogP contribution in [0.3, 0.4) is 0 Å². The Labute approximate surface area is 101 Å². The van der Waals surface area contributed by atoms with E-state index >= 15 is 0 Å². The first-order valence-corrected chi connectivity index (χ1v) is 6.11. The summed E-state index contributed by atoms with van der Waals surface area (Å²) >= 11 is 0. The molecule has 17 heavy (non-hydrogen) atoms. The normalized spacial score (nSPS) is 19.5. The van der Waals surface area contributed by atoms with Crippen molar-refractivity contribution in [2.45, 2.75) is 26.0 Å².